The molecule has 1 amide bonds. The largest absolute Gasteiger partial charge is 0.301 e. The Kier molecular flexibility index (Phi) is 3.61. The molecule has 17 heavy (non-hydrogen) atoms. The lowest BCUT2D eigenvalue weighted by Crippen LogP contribution is -2.04. The highest BCUT2D eigenvalue weighted by molar-refractivity contribution is 7.18. The van der Waals surface area contributed by atoms with Crippen LogP contribution >= 0.6 is 34.5 Å². The molecule has 4 nitrogen and oxygen atoms in total. The van der Waals surface area contributed by atoms with Crippen LogP contribution in [0.3, 0.4) is 0 Å². The normalized spacial score (nSPS) is 10.3. The molecule has 1 aromatic carbocycles. The van der Waals surface area contributed by atoms with Gasteiger partial charge >= 0.3 is 0 Å². The lowest BCUT2D eigenvalue weighted by molar-refractivity contribution is -0.114. The molecule has 2 aromatic rings. The average molecular weight is 288 g/mol. The van der Waals surface area contributed by atoms with Crippen LogP contribution in [-0.2, 0) is 4.79 Å². The summed E-state index contributed by atoms with van der Waals surface area (Å²) in [6, 6.07) is 5.20. The molecule has 88 valence electrons. The van der Waals surface area contributed by atoms with E-state index in [-0.39, 0.29) is 5.91 Å². The van der Waals surface area contributed by atoms with Gasteiger partial charge in [0.15, 0.2) is 0 Å². The van der Waals surface area contributed by atoms with Crippen molar-refractivity contribution in [1.82, 2.24) is 10.2 Å². The number of amides is 1. The predicted molar refractivity (Wildman–Crippen MR) is 69.7 cm³/mol. The summed E-state index contributed by atoms with van der Waals surface area (Å²) in [5, 5.41) is 12.5. The number of anilines is 1. The van der Waals surface area contributed by atoms with Crippen molar-refractivity contribution in [2.45, 2.75) is 6.92 Å². The van der Waals surface area contributed by atoms with Crippen molar-refractivity contribution < 1.29 is 4.79 Å². The Morgan fingerprint density at radius 2 is 2.06 bits per heavy atom. The van der Waals surface area contributed by atoms with E-state index in [1.54, 1.807) is 18.2 Å². The van der Waals surface area contributed by atoms with E-state index in [4.69, 9.17) is 23.2 Å². The van der Waals surface area contributed by atoms with Crippen molar-refractivity contribution in [1.29, 1.82) is 0 Å². The summed E-state index contributed by atoms with van der Waals surface area (Å²) in [7, 11) is 0. The summed E-state index contributed by atoms with van der Waals surface area (Å²) in [5.41, 5.74) is 0.813. The second-order valence-electron chi connectivity index (χ2n) is 3.22. The third kappa shape index (κ3) is 2.94. The zero-order valence-electron chi connectivity index (χ0n) is 8.70. The summed E-state index contributed by atoms with van der Waals surface area (Å²) in [4.78, 5) is 10.8. The Morgan fingerprint density at radius 1 is 1.29 bits per heavy atom. The minimum Gasteiger partial charge on any atom is -0.301 e. The molecule has 0 bridgehead atoms. The molecular formula is C10H7Cl2N3OS. The summed E-state index contributed by atoms with van der Waals surface area (Å²) in [6.45, 7) is 1.42. The predicted octanol–water partition coefficient (Wildman–Crippen LogP) is 3.47. The topological polar surface area (TPSA) is 54.9 Å². The van der Waals surface area contributed by atoms with Crippen LogP contribution in [0.2, 0.25) is 10.0 Å². The number of carbonyl (C=O) groups is 1. The number of rotatable bonds is 2. The number of hydrogen-bond acceptors (Lipinski definition) is 4. The second-order valence-corrected chi connectivity index (χ2v) is 5.01. The third-order valence-electron chi connectivity index (χ3n) is 1.87. The van der Waals surface area contributed by atoms with Gasteiger partial charge in [-0.25, -0.2) is 0 Å². The van der Waals surface area contributed by atoms with Crippen LogP contribution in [0, 0.1) is 0 Å². The molecule has 1 N–H and O–H groups in total. The molecule has 1 aromatic heterocycles. The summed E-state index contributed by atoms with van der Waals surface area (Å²) in [5.74, 6) is -0.179. The maximum atomic E-state index is 10.8. The van der Waals surface area contributed by atoms with E-state index in [1.807, 2.05) is 0 Å². The highest BCUT2D eigenvalue weighted by Gasteiger charge is 2.09. The number of benzene rings is 1. The zero-order valence-corrected chi connectivity index (χ0v) is 11.0. The van der Waals surface area contributed by atoms with Crippen LogP contribution in [0.4, 0.5) is 5.13 Å². The molecule has 0 spiro atoms. The van der Waals surface area contributed by atoms with Crippen molar-refractivity contribution in [3.05, 3.63) is 28.2 Å². The lowest BCUT2D eigenvalue weighted by Gasteiger charge is -1.98. The third-order valence-corrected chi connectivity index (χ3v) is 3.50. The minimum atomic E-state index is -0.179. The summed E-state index contributed by atoms with van der Waals surface area (Å²) < 4.78 is 0. The quantitative estimate of drug-likeness (QED) is 0.920. The number of nitrogens with one attached hydrogen (secondary N) is 1. The van der Waals surface area contributed by atoms with Gasteiger partial charge < -0.3 is 5.32 Å². The molecule has 0 atom stereocenters. The molecule has 0 unspecified atom stereocenters. The van der Waals surface area contributed by atoms with E-state index in [0.717, 1.165) is 5.56 Å². The summed E-state index contributed by atoms with van der Waals surface area (Å²) >= 11 is 13.0. The van der Waals surface area contributed by atoms with Crippen molar-refractivity contribution in [3.63, 3.8) is 0 Å². The molecule has 0 radical (unpaired) electrons. The van der Waals surface area contributed by atoms with Gasteiger partial charge in [0, 0.05) is 12.5 Å². The average Bonchev–Trinajstić information content (AvgIpc) is 2.69. The zero-order chi connectivity index (χ0) is 12.4. The SMILES string of the molecule is CC(=O)Nc1nnc(-c2ccc(Cl)c(Cl)c2)s1. The monoisotopic (exact) mass is 287 g/mol. The van der Waals surface area contributed by atoms with Crippen molar-refractivity contribution >= 4 is 45.6 Å². The minimum absolute atomic E-state index is 0.179. The van der Waals surface area contributed by atoms with Gasteiger partial charge in [-0.3, -0.25) is 4.79 Å². The first kappa shape index (κ1) is 12.3. The maximum absolute atomic E-state index is 10.8. The molecule has 0 fully saturated rings. The molecule has 1 heterocycles. The molecule has 0 saturated heterocycles. The van der Waals surface area contributed by atoms with Gasteiger partial charge in [0.25, 0.3) is 0 Å². The van der Waals surface area contributed by atoms with E-state index < -0.39 is 0 Å². The molecule has 0 saturated carbocycles. The maximum Gasteiger partial charge on any atom is 0.223 e. The number of aromatic nitrogens is 2. The Morgan fingerprint density at radius 3 is 2.71 bits per heavy atom. The van der Waals surface area contributed by atoms with Gasteiger partial charge in [-0.15, -0.1) is 10.2 Å². The Labute approximate surface area is 112 Å². The van der Waals surface area contributed by atoms with Crippen LogP contribution in [0.1, 0.15) is 6.92 Å². The van der Waals surface area contributed by atoms with E-state index in [0.29, 0.717) is 20.2 Å². The first-order chi connectivity index (χ1) is 8.06. The highest BCUT2D eigenvalue weighted by Crippen LogP contribution is 2.31. The Bertz CT molecular complexity index is 570. The first-order valence-electron chi connectivity index (χ1n) is 4.63. The molecule has 0 aliphatic heterocycles. The Balaban J connectivity index is 2.30. The fourth-order valence-electron chi connectivity index (χ4n) is 1.17. The fraction of sp³-hybridized carbons (Fsp3) is 0.100. The first-order valence-corrected chi connectivity index (χ1v) is 6.20. The number of halogens is 2. The molecule has 0 aliphatic rings. The highest BCUT2D eigenvalue weighted by atomic mass is 35.5. The summed E-state index contributed by atoms with van der Waals surface area (Å²) in [6.07, 6.45) is 0. The standard InChI is InChI=1S/C10H7Cl2N3OS/c1-5(16)13-10-15-14-9(17-10)6-2-3-7(11)8(12)4-6/h2-4H,1H3,(H,13,15,16). The van der Waals surface area contributed by atoms with Gasteiger partial charge in [0.2, 0.25) is 11.0 Å². The van der Waals surface area contributed by atoms with Crippen molar-refractivity contribution in [3.8, 4) is 10.6 Å². The van der Waals surface area contributed by atoms with Gasteiger partial charge in [0.1, 0.15) is 5.01 Å². The van der Waals surface area contributed by atoms with E-state index in [2.05, 4.69) is 15.5 Å². The smallest absolute Gasteiger partial charge is 0.223 e. The van der Waals surface area contributed by atoms with Crippen LogP contribution in [0.5, 0.6) is 0 Å². The van der Waals surface area contributed by atoms with Crippen LogP contribution < -0.4 is 5.32 Å². The number of nitrogens with zero attached hydrogens (tertiary/aromatic N) is 2. The van der Waals surface area contributed by atoms with E-state index in [1.165, 1.54) is 18.3 Å². The van der Waals surface area contributed by atoms with E-state index in [9.17, 15) is 4.79 Å². The molecular weight excluding hydrogens is 281 g/mol. The second kappa shape index (κ2) is 5.00. The van der Waals surface area contributed by atoms with Gasteiger partial charge in [-0.05, 0) is 12.1 Å². The van der Waals surface area contributed by atoms with Gasteiger partial charge in [-0.2, -0.15) is 0 Å². The van der Waals surface area contributed by atoms with Crippen molar-refractivity contribution in [2.24, 2.45) is 0 Å². The van der Waals surface area contributed by atoms with Crippen LogP contribution in [-0.4, -0.2) is 16.1 Å². The molecule has 7 heteroatoms. The number of carbonyl (C=O) groups excluding carboxylic acids is 1. The Hall–Kier alpha value is -1.17. The number of hydrogen-bond donors (Lipinski definition) is 1. The van der Waals surface area contributed by atoms with Gasteiger partial charge in [0.05, 0.1) is 10.0 Å². The lowest BCUT2D eigenvalue weighted by atomic mass is 10.2. The van der Waals surface area contributed by atoms with Crippen molar-refractivity contribution in [2.75, 3.05) is 5.32 Å². The molecule has 0 aliphatic carbocycles. The van der Waals surface area contributed by atoms with Crippen LogP contribution in [0.25, 0.3) is 10.6 Å². The van der Waals surface area contributed by atoms with Crippen LogP contribution in [0.15, 0.2) is 18.2 Å². The fourth-order valence-corrected chi connectivity index (χ4v) is 2.25. The van der Waals surface area contributed by atoms with Gasteiger partial charge in [-0.1, -0.05) is 40.6 Å². The van der Waals surface area contributed by atoms with E-state index >= 15 is 0 Å². The molecule has 2 rings (SSSR count).